The van der Waals surface area contributed by atoms with Crippen molar-refractivity contribution in [3.8, 4) is 0 Å². The number of rotatable bonds is 9. The second-order valence-electron chi connectivity index (χ2n) is 7.40. The molecule has 1 heteroatoms. The van der Waals surface area contributed by atoms with Gasteiger partial charge in [0, 0.05) is 13.0 Å². The van der Waals surface area contributed by atoms with Gasteiger partial charge in [-0.05, 0) is 49.1 Å². The molecule has 0 bridgehead atoms. The van der Waals surface area contributed by atoms with E-state index in [-0.39, 0.29) is 0 Å². The van der Waals surface area contributed by atoms with Crippen molar-refractivity contribution in [2.24, 2.45) is 5.92 Å². The smallest absolute Gasteiger partial charge is 0.0642 e. The molecule has 1 fully saturated rings. The van der Waals surface area contributed by atoms with Crippen molar-refractivity contribution in [2.45, 2.75) is 90.1 Å². The maximum Gasteiger partial charge on any atom is 0.0642 e. The van der Waals surface area contributed by atoms with E-state index in [1.165, 1.54) is 75.3 Å². The molecule has 0 amide bonds. The van der Waals surface area contributed by atoms with E-state index in [0.29, 0.717) is 12.0 Å². The second kappa shape index (κ2) is 10.1. The van der Waals surface area contributed by atoms with E-state index in [1.54, 1.807) is 0 Å². The van der Waals surface area contributed by atoms with E-state index in [1.807, 2.05) is 7.11 Å². The van der Waals surface area contributed by atoms with Crippen LogP contribution >= 0.6 is 0 Å². The fourth-order valence-electron chi connectivity index (χ4n) is 4.11. The van der Waals surface area contributed by atoms with Gasteiger partial charge in [0.05, 0.1) is 6.10 Å². The van der Waals surface area contributed by atoms with Gasteiger partial charge >= 0.3 is 0 Å². The monoisotopic (exact) mass is 316 g/mol. The van der Waals surface area contributed by atoms with Gasteiger partial charge in [-0.3, -0.25) is 0 Å². The lowest BCUT2D eigenvalue weighted by Crippen LogP contribution is -2.29. The van der Waals surface area contributed by atoms with Crippen LogP contribution < -0.4 is 0 Å². The molecule has 0 spiro atoms. The van der Waals surface area contributed by atoms with E-state index < -0.39 is 0 Å². The SMILES string of the molecule is CCCCCC1CCC(c2ccc(CCCC)cc2)C(OC)C1. The molecule has 23 heavy (non-hydrogen) atoms. The van der Waals surface area contributed by atoms with E-state index in [0.717, 1.165) is 5.92 Å². The first-order valence-corrected chi connectivity index (χ1v) is 9.90. The highest BCUT2D eigenvalue weighted by Gasteiger charge is 2.31. The first kappa shape index (κ1) is 18.5. The third kappa shape index (κ3) is 5.64. The van der Waals surface area contributed by atoms with Gasteiger partial charge in [0.15, 0.2) is 0 Å². The van der Waals surface area contributed by atoms with Crippen LogP contribution in [0.4, 0.5) is 0 Å². The molecular formula is C22H36O. The van der Waals surface area contributed by atoms with Gasteiger partial charge in [0.25, 0.3) is 0 Å². The minimum absolute atomic E-state index is 0.414. The van der Waals surface area contributed by atoms with Crippen molar-refractivity contribution in [3.05, 3.63) is 35.4 Å². The normalized spacial score (nSPS) is 24.7. The molecule has 1 nitrogen and oxygen atoms in total. The van der Waals surface area contributed by atoms with Gasteiger partial charge in [0.1, 0.15) is 0 Å². The molecule has 1 saturated carbocycles. The molecule has 1 aliphatic carbocycles. The van der Waals surface area contributed by atoms with Crippen molar-refractivity contribution < 1.29 is 4.74 Å². The number of ether oxygens (including phenoxy) is 1. The number of hydrogen-bond acceptors (Lipinski definition) is 1. The Morgan fingerprint density at radius 1 is 0.957 bits per heavy atom. The molecule has 2 rings (SSSR count). The Balaban J connectivity index is 1.91. The summed E-state index contributed by atoms with van der Waals surface area (Å²) in [6, 6.07) is 9.40. The molecule has 1 aromatic carbocycles. The van der Waals surface area contributed by atoms with Crippen molar-refractivity contribution in [1.82, 2.24) is 0 Å². The van der Waals surface area contributed by atoms with Crippen molar-refractivity contribution >= 4 is 0 Å². The standard InChI is InChI=1S/C22H36O/c1-4-6-8-10-19-13-16-21(22(17-19)23-3)20-14-11-18(12-15-20)9-7-5-2/h11-12,14-15,19,21-22H,4-10,13,16-17H2,1-3H3. The zero-order chi connectivity index (χ0) is 16.5. The summed E-state index contributed by atoms with van der Waals surface area (Å²) in [6.45, 7) is 4.55. The fourth-order valence-corrected chi connectivity index (χ4v) is 4.11. The quantitative estimate of drug-likeness (QED) is 0.472. The molecule has 0 aromatic heterocycles. The molecule has 0 radical (unpaired) electrons. The molecule has 130 valence electrons. The van der Waals surface area contributed by atoms with E-state index in [2.05, 4.69) is 38.1 Å². The maximum absolute atomic E-state index is 5.89. The van der Waals surface area contributed by atoms with Gasteiger partial charge < -0.3 is 4.74 Å². The third-order valence-corrected chi connectivity index (χ3v) is 5.65. The van der Waals surface area contributed by atoms with Gasteiger partial charge in [-0.15, -0.1) is 0 Å². The lowest BCUT2D eigenvalue weighted by Gasteiger charge is -2.36. The predicted molar refractivity (Wildman–Crippen MR) is 100 cm³/mol. The van der Waals surface area contributed by atoms with Crippen molar-refractivity contribution in [2.75, 3.05) is 7.11 Å². The molecule has 3 atom stereocenters. The predicted octanol–water partition coefficient (Wildman–Crippen LogP) is 6.51. The summed E-state index contributed by atoms with van der Waals surface area (Å²) in [7, 11) is 1.90. The summed E-state index contributed by atoms with van der Waals surface area (Å²) in [4.78, 5) is 0. The van der Waals surface area contributed by atoms with Gasteiger partial charge in [-0.2, -0.15) is 0 Å². The molecule has 0 N–H and O–H groups in total. The number of unbranched alkanes of at least 4 members (excludes halogenated alkanes) is 3. The number of methoxy groups -OCH3 is 1. The topological polar surface area (TPSA) is 9.23 Å². The van der Waals surface area contributed by atoms with Crippen molar-refractivity contribution in [3.63, 3.8) is 0 Å². The highest BCUT2D eigenvalue weighted by molar-refractivity contribution is 5.27. The third-order valence-electron chi connectivity index (χ3n) is 5.65. The first-order valence-electron chi connectivity index (χ1n) is 9.90. The molecule has 0 saturated heterocycles. The highest BCUT2D eigenvalue weighted by Crippen LogP contribution is 2.39. The highest BCUT2D eigenvalue weighted by atomic mass is 16.5. The molecule has 1 aromatic rings. The summed E-state index contributed by atoms with van der Waals surface area (Å²) in [5.74, 6) is 1.48. The Morgan fingerprint density at radius 3 is 2.35 bits per heavy atom. The Bertz CT molecular complexity index is 422. The molecular weight excluding hydrogens is 280 g/mol. The minimum Gasteiger partial charge on any atom is -0.381 e. The van der Waals surface area contributed by atoms with Gasteiger partial charge in [-0.1, -0.05) is 70.2 Å². The maximum atomic E-state index is 5.89. The first-order chi connectivity index (χ1) is 11.3. The van der Waals surface area contributed by atoms with E-state index in [4.69, 9.17) is 4.74 Å². The van der Waals surface area contributed by atoms with Gasteiger partial charge in [0.2, 0.25) is 0 Å². The van der Waals surface area contributed by atoms with Crippen LogP contribution in [0, 0.1) is 5.92 Å². The molecule has 3 unspecified atom stereocenters. The second-order valence-corrected chi connectivity index (χ2v) is 7.40. The largest absolute Gasteiger partial charge is 0.381 e. The average molecular weight is 317 g/mol. The lowest BCUT2D eigenvalue weighted by atomic mass is 9.75. The molecule has 1 aliphatic rings. The zero-order valence-electron chi connectivity index (χ0n) is 15.5. The van der Waals surface area contributed by atoms with Crippen LogP contribution in [-0.4, -0.2) is 13.2 Å². The Hall–Kier alpha value is -0.820. The van der Waals surface area contributed by atoms with Crippen LogP contribution in [0.25, 0.3) is 0 Å². The lowest BCUT2D eigenvalue weighted by molar-refractivity contribution is 0.0304. The van der Waals surface area contributed by atoms with E-state index >= 15 is 0 Å². The summed E-state index contributed by atoms with van der Waals surface area (Å²) in [6.07, 6.45) is 13.6. The average Bonchev–Trinajstić information content (AvgIpc) is 2.60. The van der Waals surface area contributed by atoms with Gasteiger partial charge in [-0.25, -0.2) is 0 Å². The van der Waals surface area contributed by atoms with Crippen LogP contribution in [0.3, 0.4) is 0 Å². The van der Waals surface area contributed by atoms with Crippen LogP contribution in [0.5, 0.6) is 0 Å². The number of benzene rings is 1. The van der Waals surface area contributed by atoms with E-state index in [9.17, 15) is 0 Å². The van der Waals surface area contributed by atoms with Crippen molar-refractivity contribution in [1.29, 1.82) is 0 Å². The van der Waals surface area contributed by atoms with Crippen LogP contribution in [0.1, 0.15) is 88.7 Å². The number of aryl methyl sites for hydroxylation is 1. The summed E-state index contributed by atoms with van der Waals surface area (Å²) in [5.41, 5.74) is 2.97. The van der Waals surface area contributed by atoms with Crippen LogP contribution in [0.15, 0.2) is 24.3 Å². The Kier molecular flexibility index (Phi) is 8.16. The Morgan fingerprint density at radius 2 is 1.70 bits per heavy atom. The van der Waals surface area contributed by atoms with Crippen LogP contribution in [0.2, 0.25) is 0 Å². The number of hydrogen-bond donors (Lipinski definition) is 0. The zero-order valence-corrected chi connectivity index (χ0v) is 15.5. The molecule has 0 heterocycles. The van der Waals surface area contributed by atoms with Crippen LogP contribution in [-0.2, 0) is 11.2 Å². The fraction of sp³-hybridized carbons (Fsp3) is 0.727. The Labute approximate surface area is 143 Å². The molecule has 0 aliphatic heterocycles. The summed E-state index contributed by atoms with van der Waals surface area (Å²) < 4.78 is 5.89. The summed E-state index contributed by atoms with van der Waals surface area (Å²) in [5, 5.41) is 0. The minimum atomic E-state index is 0.414. The summed E-state index contributed by atoms with van der Waals surface area (Å²) >= 11 is 0.